The van der Waals surface area contributed by atoms with Crippen LogP contribution in [0.15, 0.2) is 158 Å². The molecule has 0 aliphatic carbocycles. The van der Waals surface area contributed by atoms with Gasteiger partial charge in [0.2, 0.25) is 0 Å². The largest absolute Gasteiger partial charge is 0.309 e. The van der Waals surface area contributed by atoms with E-state index in [0.29, 0.717) is 0 Å². The quantitative estimate of drug-likeness (QED) is 0.173. The van der Waals surface area contributed by atoms with Gasteiger partial charge >= 0.3 is 0 Å². The highest BCUT2D eigenvalue weighted by atomic mass is 15.1. The molecule has 0 fully saturated rings. The first kappa shape index (κ1) is 30.7. The summed E-state index contributed by atoms with van der Waals surface area (Å²) in [5.74, 6) is 0.920. The van der Waals surface area contributed by atoms with Gasteiger partial charge in [-0.15, -0.1) is 0 Å². The number of fused-ring (bicyclic) bond motifs is 9. The SMILES string of the molecule is CC(C)(C)c1ccnc(-n2c3ccccc3c3ccc(-n4c5cc(-c6cnc7cc8ccccc8cc7n6)ccc5c5cc6ccccc6cc54)cc32)c1. The average Bonchev–Trinajstić information content (AvgIpc) is 3.70. The zero-order valence-corrected chi connectivity index (χ0v) is 30.2. The van der Waals surface area contributed by atoms with E-state index in [9.17, 15) is 0 Å². The molecule has 0 radical (unpaired) electrons. The number of rotatable bonds is 3. The summed E-state index contributed by atoms with van der Waals surface area (Å²) in [6.45, 7) is 6.76. The zero-order valence-electron chi connectivity index (χ0n) is 30.2. The van der Waals surface area contributed by atoms with Crippen molar-refractivity contribution in [3.63, 3.8) is 0 Å². The van der Waals surface area contributed by atoms with Crippen LogP contribution in [0.4, 0.5) is 0 Å². The molecule has 0 spiro atoms. The number of aromatic nitrogens is 5. The van der Waals surface area contributed by atoms with E-state index in [1.807, 2.05) is 12.4 Å². The molecule has 0 bridgehead atoms. The fourth-order valence-electron chi connectivity index (χ4n) is 8.33. The van der Waals surface area contributed by atoms with Crippen molar-refractivity contribution in [3.05, 3.63) is 164 Å². The summed E-state index contributed by atoms with van der Waals surface area (Å²) < 4.78 is 4.75. The van der Waals surface area contributed by atoms with Crippen molar-refractivity contribution in [1.29, 1.82) is 0 Å². The number of para-hydroxylation sites is 1. The highest BCUT2D eigenvalue weighted by Gasteiger charge is 2.20. The third-order valence-electron chi connectivity index (χ3n) is 11.1. The molecule has 11 rings (SSSR count). The molecule has 0 atom stereocenters. The molecule has 0 aliphatic rings. The molecule has 5 nitrogen and oxygen atoms in total. The first-order valence-electron chi connectivity index (χ1n) is 18.5. The first-order chi connectivity index (χ1) is 26.4. The highest BCUT2D eigenvalue weighted by molar-refractivity contribution is 6.15. The average molecular weight is 694 g/mol. The summed E-state index contributed by atoms with van der Waals surface area (Å²) >= 11 is 0. The standard InChI is InChI=1S/C49H35N5/c1-49(2,3)35-20-21-50-48(27-35)54-44-15-9-8-14-37(44)38-19-17-36(28-47(38)54)53-45-26-34(16-18-39(45)40-22-30-10-4-7-13-33(30)25-46(40)53)43-29-51-41-23-31-11-5-6-12-32(31)24-42(41)52-43/h4-29H,1-3H3. The summed E-state index contributed by atoms with van der Waals surface area (Å²) in [6, 6.07) is 52.6. The Hall–Kier alpha value is -6.85. The Morgan fingerprint density at radius 1 is 0.463 bits per heavy atom. The van der Waals surface area contributed by atoms with Crippen LogP contribution in [0.25, 0.3) is 99.0 Å². The minimum Gasteiger partial charge on any atom is -0.309 e. The summed E-state index contributed by atoms with van der Waals surface area (Å²) in [4.78, 5) is 15.0. The molecule has 0 aliphatic heterocycles. The van der Waals surface area contributed by atoms with Crippen LogP contribution in [0.5, 0.6) is 0 Å². The van der Waals surface area contributed by atoms with Gasteiger partial charge in [0.1, 0.15) is 5.82 Å². The molecule has 0 saturated heterocycles. The topological polar surface area (TPSA) is 48.5 Å². The first-order valence-corrected chi connectivity index (χ1v) is 18.5. The van der Waals surface area contributed by atoms with Gasteiger partial charge in [0.15, 0.2) is 0 Å². The van der Waals surface area contributed by atoms with Gasteiger partial charge in [-0.25, -0.2) is 9.97 Å². The molecule has 54 heavy (non-hydrogen) atoms. The van der Waals surface area contributed by atoms with E-state index in [4.69, 9.17) is 15.0 Å². The maximum absolute atomic E-state index is 5.16. The minimum absolute atomic E-state index is 0.00569. The van der Waals surface area contributed by atoms with E-state index >= 15 is 0 Å². The highest BCUT2D eigenvalue weighted by Crippen LogP contribution is 2.39. The molecule has 4 heterocycles. The van der Waals surface area contributed by atoms with Crippen LogP contribution in [-0.2, 0) is 5.41 Å². The monoisotopic (exact) mass is 693 g/mol. The number of nitrogens with zero attached hydrogens (tertiary/aromatic N) is 5. The molecule has 11 aromatic rings. The maximum Gasteiger partial charge on any atom is 0.137 e. The molecule has 256 valence electrons. The second-order valence-corrected chi connectivity index (χ2v) is 15.4. The van der Waals surface area contributed by atoms with E-state index in [-0.39, 0.29) is 5.41 Å². The van der Waals surface area contributed by atoms with Crippen molar-refractivity contribution in [2.24, 2.45) is 0 Å². The van der Waals surface area contributed by atoms with Gasteiger partial charge in [0.05, 0.1) is 45.0 Å². The normalized spacial score (nSPS) is 12.4. The lowest BCUT2D eigenvalue weighted by molar-refractivity contribution is 0.588. The second-order valence-electron chi connectivity index (χ2n) is 15.4. The molecule has 0 amide bonds. The van der Waals surface area contributed by atoms with Gasteiger partial charge in [-0.05, 0) is 93.2 Å². The predicted molar refractivity (Wildman–Crippen MR) is 225 cm³/mol. The van der Waals surface area contributed by atoms with Crippen LogP contribution in [0.1, 0.15) is 26.3 Å². The Morgan fingerprint density at radius 2 is 1.09 bits per heavy atom. The third-order valence-corrected chi connectivity index (χ3v) is 11.1. The van der Waals surface area contributed by atoms with E-state index in [1.54, 1.807) is 0 Å². The maximum atomic E-state index is 5.16. The van der Waals surface area contributed by atoms with Gasteiger partial charge in [0, 0.05) is 39.0 Å². The minimum atomic E-state index is -0.00569. The molecular weight excluding hydrogens is 659 g/mol. The summed E-state index contributed by atoms with van der Waals surface area (Å²) in [5, 5.41) is 9.57. The van der Waals surface area contributed by atoms with Crippen molar-refractivity contribution in [1.82, 2.24) is 24.1 Å². The van der Waals surface area contributed by atoms with E-state index in [1.165, 1.54) is 43.3 Å². The van der Waals surface area contributed by atoms with Crippen molar-refractivity contribution in [3.8, 4) is 22.8 Å². The van der Waals surface area contributed by atoms with Gasteiger partial charge in [-0.2, -0.15) is 0 Å². The van der Waals surface area contributed by atoms with Gasteiger partial charge in [-0.1, -0.05) is 106 Å². The van der Waals surface area contributed by atoms with Crippen LogP contribution >= 0.6 is 0 Å². The third kappa shape index (κ3) is 4.68. The Kier molecular flexibility index (Phi) is 6.45. The Labute approximate surface area is 311 Å². The lowest BCUT2D eigenvalue weighted by Gasteiger charge is -2.20. The number of hydrogen-bond donors (Lipinski definition) is 0. The number of pyridine rings is 1. The Morgan fingerprint density at radius 3 is 1.89 bits per heavy atom. The van der Waals surface area contributed by atoms with Gasteiger partial charge < -0.3 is 4.57 Å². The van der Waals surface area contributed by atoms with E-state index in [0.717, 1.165) is 61.2 Å². The summed E-state index contributed by atoms with van der Waals surface area (Å²) in [5.41, 5.74) is 10.5. The number of hydrogen-bond acceptors (Lipinski definition) is 3. The molecule has 0 unspecified atom stereocenters. The molecule has 4 aromatic heterocycles. The van der Waals surface area contributed by atoms with Crippen LogP contribution in [0, 0.1) is 0 Å². The predicted octanol–water partition coefficient (Wildman–Crippen LogP) is 12.5. The molecule has 0 saturated carbocycles. The van der Waals surface area contributed by atoms with Crippen molar-refractivity contribution in [2.75, 3.05) is 0 Å². The Bertz CT molecular complexity index is 3320. The Balaban J connectivity index is 1.18. The van der Waals surface area contributed by atoms with Gasteiger partial charge in [-0.3, -0.25) is 9.55 Å². The smallest absolute Gasteiger partial charge is 0.137 e. The van der Waals surface area contributed by atoms with Crippen molar-refractivity contribution < 1.29 is 0 Å². The fraction of sp³-hybridized carbons (Fsp3) is 0.0816. The molecule has 7 aromatic carbocycles. The summed E-state index contributed by atoms with van der Waals surface area (Å²) in [7, 11) is 0. The molecule has 0 N–H and O–H groups in total. The van der Waals surface area contributed by atoms with Gasteiger partial charge in [0.25, 0.3) is 0 Å². The van der Waals surface area contributed by atoms with E-state index < -0.39 is 0 Å². The van der Waals surface area contributed by atoms with Crippen LogP contribution in [-0.4, -0.2) is 24.1 Å². The summed E-state index contributed by atoms with van der Waals surface area (Å²) in [6.07, 6.45) is 3.85. The lowest BCUT2D eigenvalue weighted by atomic mass is 9.88. The van der Waals surface area contributed by atoms with Crippen LogP contribution in [0.2, 0.25) is 0 Å². The van der Waals surface area contributed by atoms with E-state index in [2.05, 4.69) is 175 Å². The zero-order chi connectivity index (χ0) is 36.1. The molecular formula is C49H35N5. The fourth-order valence-corrected chi connectivity index (χ4v) is 8.33. The van der Waals surface area contributed by atoms with Crippen LogP contribution < -0.4 is 0 Å². The van der Waals surface area contributed by atoms with Crippen molar-refractivity contribution >= 4 is 76.2 Å². The molecule has 5 heteroatoms. The van der Waals surface area contributed by atoms with Crippen LogP contribution in [0.3, 0.4) is 0 Å². The second kappa shape index (κ2) is 11.3. The lowest BCUT2D eigenvalue weighted by Crippen LogP contribution is -2.12. The number of benzene rings is 7. The van der Waals surface area contributed by atoms with Crippen molar-refractivity contribution in [2.45, 2.75) is 26.2 Å².